The smallest absolute Gasteiger partial charge is 0.132 e. The van der Waals surface area contributed by atoms with Crippen molar-refractivity contribution in [2.75, 3.05) is 7.11 Å². The van der Waals surface area contributed by atoms with Crippen molar-refractivity contribution in [2.24, 2.45) is 7.05 Å². The maximum Gasteiger partial charge on any atom is 0.132 e. The van der Waals surface area contributed by atoms with Crippen LogP contribution in [0.3, 0.4) is 0 Å². The van der Waals surface area contributed by atoms with Crippen molar-refractivity contribution in [1.29, 1.82) is 0 Å². The van der Waals surface area contributed by atoms with Crippen molar-refractivity contribution in [3.05, 3.63) is 34.9 Å². The van der Waals surface area contributed by atoms with Gasteiger partial charge in [-0.1, -0.05) is 0 Å². The van der Waals surface area contributed by atoms with Crippen molar-refractivity contribution >= 4 is 15.9 Å². The standard InChI is InChI=1S/C11H10BrFN2O/c1-15-6-14-11(12)10(15)8-5-7(13)3-4-9(8)16-2/h3-6H,1-2H3. The summed E-state index contributed by atoms with van der Waals surface area (Å²) in [5, 5.41) is 0. The lowest BCUT2D eigenvalue weighted by Gasteiger charge is -2.09. The molecule has 2 aromatic rings. The molecular formula is C11H10BrFN2O. The zero-order valence-electron chi connectivity index (χ0n) is 8.87. The summed E-state index contributed by atoms with van der Waals surface area (Å²) in [6.07, 6.45) is 1.66. The maximum atomic E-state index is 13.2. The fraction of sp³-hybridized carbons (Fsp3) is 0.182. The average molecular weight is 285 g/mol. The molecule has 5 heteroatoms. The van der Waals surface area contributed by atoms with Gasteiger partial charge in [0.05, 0.1) is 19.1 Å². The molecule has 84 valence electrons. The van der Waals surface area contributed by atoms with E-state index in [0.717, 1.165) is 5.69 Å². The fourth-order valence-corrected chi connectivity index (χ4v) is 2.15. The van der Waals surface area contributed by atoms with Crippen LogP contribution < -0.4 is 4.74 Å². The molecule has 0 saturated carbocycles. The van der Waals surface area contributed by atoms with E-state index >= 15 is 0 Å². The molecule has 0 aliphatic rings. The number of imidazole rings is 1. The number of benzene rings is 1. The molecule has 0 bridgehead atoms. The van der Waals surface area contributed by atoms with Gasteiger partial charge in [0.1, 0.15) is 16.2 Å². The van der Waals surface area contributed by atoms with E-state index < -0.39 is 0 Å². The summed E-state index contributed by atoms with van der Waals surface area (Å²) in [7, 11) is 3.40. The first kappa shape index (κ1) is 11.1. The molecule has 1 aromatic carbocycles. The van der Waals surface area contributed by atoms with Crippen molar-refractivity contribution in [3.8, 4) is 17.0 Å². The Morgan fingerprint density at radius 3 is 2.75 bits per heavy atom. The van der Waals surface area contributed by atoms with E-state index in [1.807, 2.05) is 7.05 Å². The van der Waals surface area contributed by atoms with Crippen LogP contribution in [0.1, 0.15) is 0 Å². The van der Waals surface area contributed by atoms with Crippen LogP contribution >= 0.6 is 15.9 Å². The molecule has 0 fully saturated rings. The minimum Gasteiger partial charge on any atom is -0.496 e. The lowest BCUT2D eigenvalue weighted by atomic mass is 10.1. The third-order valence-corrected chi connectivity index (χ3v) is 2.89. The molecule has 0 aliphatic carbocycles. The van der Waals surface area contributed by atoms with Gasteiger partial charge in [0.15, 0.2) is 0 Å². The van der Waals surface area contributed by atoms with Crippen LogP contribution in [0.2, 0.25) is 0 Å². The lowest BCUT2D eigenvalue weighted by Crippen LogP contribution is -1.94. The number of methoxy groups -OCH3 is 1. The molecule has 2 rings (SSSR count). The largest absolute Gasteiger partial charge is 0.496 e. The number of nitrogens with zero attached hydrogens (tertiary/aromatic N) is 2. The molecule has 0 radical (unpaired) electrons. The molecule has 0 aliphatic heterocycles. The molecule has 0 unspecified atom stereocenters. The Bertz CT molecular complexity index is 505. The van der Waals surface area contributed by atoms with E-state index in [1.165, 1.54) is 12.1 Å². The van der Waals surface area contributed by atoms with Gasteiger partial charge in [-0.25, -0.2) is 9.37 Å². The van der Waals surface area contributed by atoms with Gasteiger partial charge in [0.2, 0.25) is 0 Å². The van der Waals surface area contributed by atoms with Crippen LogP contribution in [0.25, 0.3) is 11.3 Å². The molecule has 0 amide bonds. The van der Waals surface area contributed by atoms with Crippen molar-refractivity contribution in [3.63, 3.8) is 0 Å². The minimum atomic E-state index is -0.302. The highest BCUT2D eigenvalue weighted by molar-refractivity contribution is 9.10. The van der Waals surface area contributed by atoms with Crippen LogP contribution in [0.15, 0.2) is 29.1 Å². The zero-order valence-corrected chi connectivity index (χ0v) is 10.5. The Balaban J connectivity index is 2.67. The quantitative estimate of drug-likeness (QED) is 0.848. The third-order valence-electron chi connectivity index (χ3n) is 2.31. The van der Waals surface area contributed by atoms with Gasteiger partial charge in [-0.05, 0) is 34.1 Å². The summed E-state index contributed by atoms with van der Waals surface area (Å²) in [6.45, 7) is 0. The monoisotopic (exact) mass is 284 g/mol. The second kappa shape index (κ2) is 4.25. The Kier molecular flexibility index (Phi) is 2.96. The Hall–Kier alpha value is -1.36. The van der Waals surface area contributed by atoms with Crippen molar-refractivity contribution < 1.29 is 9.13 Å². The van der Waals surface area contributed by atoms with E-state index in [1.54, 1.807) is 24.1 Å². The zero-order chi connectivity index (χ0) is 11.7. The van der Waals surface area contributed by atoms with Gasteiger partial charge in [0.25, 0.3) is 0 Å². The molecule has 0 saturated heterocycles. The molecular weight excluding hydrogens is 275 g/mol. The molecule has 16 heavy (non-hydrogen) atoms. The molecule has 1 aromatic heterocycles. The predicted molar refractivity (Wildman–Crippen MR) is 62.9 cm³/mol. The first-order chi connectivity index (χ1) is 7.63. The first-order valence-electron chi connectivity index (χ1n) is 4.64. The summed E-state index contributed by atoms with van der Waals surface area (Å²) >= 11 is 3.33. The lowest BCUT2D eigenvalue weighted by molar-refractivity contribution is 0.415. The van der Waals surface area contributed by atoms with Crippen LogP contribution in [0.4, 0.5) is 4.39 Å². The van der Waals surface area contributed by atoms with Crippen LogP contribution in [-0.2, 0) is 7.05 Å². The summed E-state index contributed by atoms with van der Waals surface area (Å²) in [4.78, 5) is 4.10. The number of hydrogen-bond acceptors (Lipinski definition) is 2. The maximum absolute atomic E-state index is 13.2. The SMILES string of the molecule is COc1ccc(F)cc1-c1c(Br)ncn1C. The summed E-state index contributed by atoms with van der Waals surface area (Å²) in [5.74, 6) is 0.314. The Morgan fingerprint density at radius 1 is 1.44 bits per heavy atom. The van der Waals surface area contributed by atoms with Gasteiger partial charge >= 0.3 is 0 Å². The topological polar surface area (TPSA) is 27.1 Å². The van der Waals surface area contributed by atoms with Gasteiger partial charge in [-0.15, -0.1) is 0 Å². The van der Waals surface area contributed by atoms with E-state index in [0.29, 0.717) is 15.9 Å². The second-order valence-corrected chi connectivity index (χ2v) is 4.09. The fourth-order valence-electron chi connectivity index (χ4n) is 1.57. The minimum absolute atomic E-state index is 0.302. The predicted octanol–water partition coefficient (Wildman–Crippen LogP) is 3.00. The van der Waals surface area contributed by atoms with Gasteiger partial charge < -0.3 is 9.30 Å². The van der Waals surface area contributed by atoms with Crippen molar-refractivity contribution in [2.45, 2.75) is 0 Å². The molecule has 0 atom stereocenters. The third kappa shape index (κ3) is 1.82. The highest BCUT2D eigenvalue weighted by Gasteiger charge is 2.14. The summed E-state index contributed by atoms with van der Waals surface area (Å²) in [6, 6.07) is 4.40. The first-order valence-corrected chi connectivity index (χ1v) is 5.43. The number of hydrogen-bond donors (Lipinski definition) is 0. The van der Waals surface area contributed by atoms with Crippen LogP contribution in [0.5, 0.6) is 5.75 Å². The Labute approximate surface area is 101 Å². The van der Waals surface area contributed by atoms with Gasteiger partial charge in [-0.3, -0.25) is 0 Å². The van der Waals surface area contributed by atoms with E-state index in [4.69, 9.17) is 4.74 Å². The molecule has 3 nitrogen and oxygen atoms in total. The normalized spacial score (nSPS) is 10.5. The summed E-state index contributed by atoms with van der Waals surface area (Å²) in [5.41, 5.74) is 1.46. The number of rotatable bonds is 2. The number of halogens is 2. The van der Waals surface area contributed by atoms with Gasteiger partial charge in [-0.2, -0.15) is 0 Å². The summed E-state index contributed by atoms with van der Waals surface area (Å²) < 4.78 is 20.9. The van der Waals surface area contributed by atoms with Gasteiger partial charge in [0, 0.05) is 12.6 Å². The van der Waals surface area contributed by atoms with Crippen molar-refractivity contribution in [1.82, 2.24) is 9.55 Å². The van der Waals surface area contributed by atoms with Crippen LogP contribution in [-0.4, -0.2) is 16.7 Å². The van der Waals surface area contributed by atoms with E-state index in [2.05, 4.69) is 20.9 Å². The molecule has 0 N–H and O–H groups in total. The highest BCUT2D eigenvalue weighted by Crippen LogP contribution is 2.34. The highest BCUT2D eigenvalue weighted by atomic mass is 79.9. The molecule has 0 spiro atoms. The number of aromatic nitrogens is 2. The molecule has 1 heterocycles. The second-order valence-electron chi connectivity index (χ2n) is 3.34. The van der Waals surface area contributed by atoms with Crippen LogP contribution in [0, 0.1) is 5.82 Å². The Morgan fingerprint density at radius 2 is 2.19 bits per heavy atom. The number of aryl methyl sites for hydroxylation is 1. The average Bonchev–Trinajstić information content (AvgIpc) is 2.58. The van der Waals surface area contributed by atoms with E-state index in [9.17, 15) is 4.39 Å². The van der Waals surface area contributed by atoms with E-state index in [-0.39, 0.29) is 5.82 Å². The number of ether oxygens (including phenoxy) is 1.